The van der Waals surface area contributed by atoms with Crippen molar-refractivity contribution in [2.24, 2.45) is 0 Å². The molecule has 9 nitrogen and oxygen atoms in total. The lowest BCUT2D eigenvalue weighted by Crippen LogP contribution is -2.54. The fourth-order valence-corrected chi connectivity index (χ4v) is 4.77. The van der Waals surface area contributed by atoms with Crippen molar-refractivity contribution in [1.82, 2.24) is 20.1 Å². The van der Waals surface area contributed by atoms with E-state index >= 15 is 4.39 Å². The van der Waals surface area contributed by atoms with E-state index in [9.17, 15) is 13.6 Å². The lowest BCUT2D eigenvalue weighted by molar-refractivity contribution is -0.107. The molecule has 0 atom stereocenters. The molecular weight excluding hydrogens is 489 g/mol. The van der Waals surface area contributed by atoms with E-state index < -0.39 is 18.1 Å². The number of anilines is 2. The molecule has 3 aromatic rings. The topological polar surface area (TPSA) is 87.8 Å². The second-order valence-corrected chi connectivity index (χ2v) is 9.19. The molecule has 1 amide bonds. The van der Waals surface area contributed by atoms with Gasteiger partial charge in [-0.1, -0.05) is 6.07 Å². The second-order valence-electron chi connectivity index (χ2n) is 9.19. The van der Waals surface area contributed by atoms with Crippen LogP contribution in [0.25, 0.3) is 11.5 Å². The first-order valence-corrected chi connectivity index (χ1v) is 12.1. The maximum atomic E-state index is 15.1. The van der Waals surface area contributed by atoms with E-state index in [2.05, 4.69) is 25.0 Å². The van der Waals surface area contributed by atoms with Crippen LogP contribution in [0.1, 0.15) is 30.9 Å². The first-order valence-electron chi connectivity index (χ1n) is 12.1. The highest BCUT2D eigenvalue weighted by Crippen LogP contribution is 2.35. The molecule has 196 valence electrons. The van der Waals surface area contributed by atoms with Gasteiger partial charge < -0.3 is 19.0 Å². The number of rotatable bonds is 9. The van der Waals surface area contributed by atoms with Gasteiger partial charge in [0.1, 0.15) is 11.5 Å². The Hall–Kier alpha value is -3.51. The number of nitrogens with zero attached hydrogens (tertiary/aromatic N) is 6. The zero-order valence-corrected chi connectivity index (χ0v) is 20.3. The molecule has 2 aliphatic rings. The number of benzene rings is 1. The van der Waals surface area contributed by atoms with Gasteiger partial charge in [-0.15, -0.1) is 10.2 Å². The summed E-state index contributed by atoms with van der Waals surface area (Å²) in [5, 5.41) is 6.91. The van der Waals surface area contributed by atoms with Crippen molar-refractivity contribution in [2.45, 2.75) is 37.9 Å². The van der Waals surface area contributed by atoms with E-state index in [-0.39, 0.29) is 24.2 Å². The molecule has 4 heterocycles. The van der Waals surface area contributed by atoms with Crippen molar-refractivity contribution in [3.05, 3.63) is 53.9 Å². The summed E-state index contributed by atoms with van der Waals surface area (Å²) in [5.74, 6) is -1.37. The summed E-state index contributed by atoms with van der Waals surface area (Å²) in [6.07, 6.45) is 0.951. The third kappa shape index (κ3) is 5.30. The van der Waals surface area contributed by atoms with E-state index in [1.807, 2.05) is 13.1 Å². The van der Waals surface area contributed by atoms with Gasteiger partial charge >= 0.3 is 6.43 Å². The van der Waals surface area contributed by atoms with Crippen molar-refractivity contribution in [1.29, 1.82) is 0 Å². The number of hydrogen-bond acceptors (Lipinski definition) is 8. The highest BCUT2D eigenvalue weighted by Gasteiger charge is 2.32. The van der Waals surface area contributed by atoms with Crippen LogP contribution < -0.4 is 9.80 Å². The van der Waals surface area contributed by atoms with Crippen molar-refractivity contribution >= 4 is 17.8 Å². The summed E-state index contributed by atoms with van der Waals surface area (Å²) in [6.45, 7) is 3.46. The molecule has 0 saturated carbocycles. The lowest BCUT2D eigenvalue weighted by Gasteiger charge is -2.44. The Morgan fingerprint density at radius 2 is 1.95 bits per heavy atom. The Kier molecular flexibility index (Phi) is 7.38. The number of aromatic nitrogens is 3. The number of amides is 1. The number of hydrogen-bond donors (Lipinski definition) is 0. The quantitative estimate of drug-likeness (QED) is 0.398. The minimum Gasteiger partial charge on any atom is -0.415 e. The smallest absolute Gasteiger partial charge is 0.314 e. The van der Waals surface area contributed by atoms with Gasteiger partial charge in [-0.2, -0.15) is 8.78 Å². The summed E-state index contributed by atoms with van der Waals surface area (Å²) in [6, 6.07) is 8.65. The molecular formula is C25H27F3N6O3. The molecule has 1 aromatic carbocycles. The monoisotopic (exact) mass is 516 g/mol. The van der Waals surface area contributed by atoms with Crippen LogP contribution in [0.15, 0.2) is 40.9 Å². The Bertz CT molecular complexity index is 1210. The predicted molar refractivity (Wildman–Crippen MR) is 129 cm³/mol. The fourth-order valence-electron chi connectivity index (χ4n) is 4.77. The van der Waals surface area contributed by atoms with Gasteiger partial charge in [0.25, 0.3) is 5.89 Å². The minimum absolute atomic E-state index is 0.0117. The van der Waals surface area contributed by atoms with Gasteiger partial charge in [0.2, 0.25) is 12.3 Å². The van der Waals surface area contributed by atoms with Gasteiger partial charge in [0.15, 0.2) is 0 Å². The molecule has 37 heavy (non-hydrogen) atoms. The van der Waals surface area contributed by atoms with Crippen molar-refractivity contribution in [2.75, 3.05) is 43.2 Å². The van der Waals surface area contributed by atoms with Crippen LogP contribution in [0, 0.1) is 5.82 Å². The molecule has 0 unspecified atom stereocenters. The minimum atomic E-state index is -2.87. The molecule has 2 aliphatic heterocycles. The van der Waals surface area contributed by atoms with Crippen LogP contribution in [-0.4, -0.2) is 71.9 Å². The molecule has 2 aromatic heterocycles. The third-order valence-electron chi connectivity index (χ3n) is 6.97. The molecule has 0 N–H and O–H groups in total. The Labute approximate surface area is 211 Å². The number of ether oxygens (including phenoxy) is 1. The molecule has 0 radical (unpaired) electrons. The van der Waals surface area contributed by atoms with E-state index in [0.29, 0.717) is 29.4 Å². The molecule has 12 heteroatoms. The van der Waals surface area contributed by atoms with Crippen LogP contribution in [0.2, 0.25) is 0 Å². The van der Waals surface area contributed by atoms with Crippen LogP contribution in [0.3, 0.4) is 0 Å². The summed E-state index contributed by atoms with van der Waals surface area (Å²) >= 11 is 0. The summed E-state index contributed by atoms with van der Waals surface area (Å²) in [7, 11) is 1.93. The van der Waals surface area contributed by atoms with E-state index in [1.54, 1.807) is 18.2 Å². The Morgan fingerprint density at radius 1 is 1.16 bits per heavy atom. The maximum absolute atomic E-state index is 15.1. The van der Waals surface area contributed by atoms with Crippen LogP contribution >= 0.6 is 0 Å². The Morgan fingerprint density at radius 3 is 2.54 bits per heavy atom. The normalized spacial score (nSPS) is 17.1. The van der Waals surface area contributed by atoms with Gasteiger partial charge in [-0.3, -0.25) is 14.7 Å². The highest BCUT2D eigenvalue weighted by atomic mass is 19.3. The van der Waals surface area contributed by atoms with Crippen molar-refractivity contribution < 1.29 is 27.1 Å². The standard InChI is InChI=1S/C25H27F3N6O3/c1-32(18-7-9-33(10-8-18)19-13-36-14-19)21-4-2-3-20(26)22(21)34(15-35)12-17-6-5-16(11-29-17)24-30-31-25(37-24)23(27)28/h2-6,11,15,18-19,23H,7-10,12-14H2,1H3. The predicted octanol–water partition coefficient (Wildman–Crippen LogP) is 3.67. The SMILES string of the molecule is CN(c1cccc(F)c1N(C=O)Cc1ccc(-c2nnc(C(F)F)o2)cn1)C1CCN(C2COC2)CC1. The third-order valence-corrected chi connectivity index (χ3v) is 6.97. The number of pyridine rings is 1. The fraction of sp³-hybridized carbons (Fsp3) is 0.440. The summed E-state index contributed by atoms with van der Waals surface area (Å²) < 4.78 is 50.8. The van der Waals surface area contributed by atoms with E-state index in [1.165, 1.54) is 17.2 Å². The van der Waals surface area contributed by atoms with E-state index in [4.69, 9.17) is 9.15 Å². The highest BCUT2D eigenvalue weighted by molar-refractivity contribution is 5.84. The van der Waals surface area contributed by atoms with Gasteiger partial charge in [0.05, 0.1) is 42.7 Å². The number of carbonyl (C=O) groups is 1. The average molecular weight is 517 g/mol. The molecule has 0 spiro atoms. The van der Waals surface area contributed by atoms with Gasteiger partial charge in [0, 0.05) is 32.4 Å². The number of halogens is 3. The molecule has 0 aliphatic carbocycles. The molecule has 2 fully saturated rings. The number of alkyl halides is 2. The first-order chi connectivity index (χ1) is 17.9. The van der Waals surface area contributed by atoms with Crippen LogP contribution in [0.4, 0.5) is 24.5 Å². The summed E-state index contributed by atoms with van der Waals surface area (Å²) in [5.41, 5.74) is 1.63. The number of likely N-dealkylation sites (tertiary alicyclic amines) is 1. The van der Waals surface area contributed by atoms with Gasteiger partial charge in [-0.25, -0.2) is 4.39 Å². The molecule has 2 saturated heterocycles. The number of carbonyl (C=O) groups excluding carboxylic acids is 1. The molecule has 5 rings (SSSR count). The maximum Gasteiger partial charge on any atom is 0.314 e. The number of para-hydroxylation sites is 1. The Balaban J connectivity index is 1.31. The second kappa shape index (κ2) is 10.9. The molecule has 0 bridgehead atoms. The van der Waals surface area contributed by atoms with Crippen molar-refractivity contribution in [3.8, 4) is 11.5 Å². The summed E-state index contributed by atoms with van der Waals surface area (Å²) in [4.78, 5) is 22.2. The lowest BCUT2D eigenvalue weighted by atomic mass is 10.00. The number of piperidine rings is 1. The van der Waals surface area contributed by atoms with Crippen molar-refractivity contribution in [3.63, 3.8) is 0 Å². The zero-order chi connectivity index (χ0) is 25.9. The zero-order valence-electron chi connectivity index (χ0n) is 20.3. The van der Waals surface area contributed by atoms with Crippen LogP contribution in [-0.2, 0) is 16.1 Å². The first kappa shape index (κ1) is 25.2. The van der Waals surface area contributed by atoms with Gasteiger partial charge in [-0.05, 0) is 37.1 Å². The largest absolute Gasteiger partial charge is 0.415 e. The van der Waals surface area contributed by atoms with Crippen LogP contribution in [0.5, 0.6) is 0 Å². The van der Waals surface area contributed by atoms with E-state index in [0.717, 1.165) is 39.1 Å². The average Bonchev–Trinajstić information content (AvgIpc) is 3.38.